The van der Waals surface area contributed by atoms with Crippen LogP contribution in [0.4, 0.5) is 25.4 Å². The molecule has 1 heterocycles. The molecule has 1 aliphatic heterocycles. The highest BCUT2D eigenvalue weighted by molar-refractivity contribution is 5.99. The molecule has 0 aliphatic carbocycles. The van der Waals surface area contributed by atoms with Crippen LogP contribution in [0.5, 0.6) is 0 Å². The number of nitrogens with zero attached hydrogens (tertiary/aromatic N) is 3. The zero-order chi connectivity index (χ0) is 24.1. The van der Waals surface area contributed by atoms with Crippen molar-refractivity contribution in [2.24, 2.45) is 4.99 Å². The number of amides is 2. The van der Waals surface area contributed by atoms with Gasteiger partial charge < -0.3 is 24.6 Å². The number of carbonyl (C=O) groups is 2. The van der Waals surface area contributed by atoms with Crippen LogP contribution in [0.3, 0.4) is 0 Å². The fourth-order valence-electron chi connectivity index (χ4n) is 3.02. The van der Waals surface area contributed by atoms with E-state index in [1.54, 1.807) is 59.6 Å². The molecular weight excluding hydrogens is 417 g/mol. The number of hydrogen-bond acceptors (Lipinski definition) is 6. The number of alkyl carbamates (subject to hydrolysis) is 1. The Morgan fingerprint density at radius 1 is 1.00 bits per heavy atom. The zero-order valence-corrected chi connectivity index (χ0v) is 19.9. The molecule has 1 fully saturated rings. The largest absolute Gasteiger partial charge is 0.444 e. The first-order chi connectivity index (χ1) is 14.8. The number of ether oxygens (including phenoxy) is 2. The van der Waals surface area contributed by atoms with Gasteiger partial charge in [-0.3, -0.25) is 5.32 Å². The lowest BCUT2D eigenvalue weighted by atomic mass is 10.2. The fraction of sp³-hybridized carbons (Fsp3) is 0.591. The van der Waals surface area contributed by atoms with Crippen LogP contribution in [0.2, 0.25) is 0 Å². The summed E-state index contributed by atoms with van der Waals surface area (Å²) in [6.45, 7) is 12.2. The van der Waals surface area contributed by atoms with E-state index in [2.05, 4.69) is 15.6 Å². The number of rotatable bonds is 2. The SMILES string of the molecule is CNc1ccc(N2CCN(/C(=N\C(=O)OC(C)(C)C)NC(=O)OC(C)(C)C)CC2)c(F)c1. The van der Waals surface area contributed by atoms with Crippen LogP contribution < -0.4 is 15.5 Å². The van der Waals surface area contributed by atoms with E-state index < -0.39 is 23.4 Å². The van der Waals surface area contributed by atoms with Crippen LogP contribution in [0.15, 0.2) is 23.2 Å². The molecule has 2 amide bonds. The molecule has 1 aliphatic rings. The molecule has 0 bridgehead atoms. The van der Waals surface area contributed by atoms with Gasteiger partial charge >= 0.3 is 12.2 Å². The number of piperazine rings is 1. The predicted octanol–water partition coefficient (Wildman–Crippen LogP) is 3.81. The molecule has 0 saturated carbocycles. The normalized spacial score (nSPS) is 15.3. The summed E-state index contributed by atoms with van der Waals surface area (Å²) in [4.78, 5) is 32.2. The Labute approximate surface area is 188 Å². The van der Waals surface area contributed by atoms with Crippen molar-refractivity contribution in [3.63, 3.8) is 0 Å². The van der Waals surface area contributed by atoms with E-state index in [1.165, 1.54) is 6.07 Å². The first-order valence-electron chi connectivity index (χ1n) is 10.6. The van der Waals surface area contributed by atoms with Gasteiger partial charge in [-0.15, -0.1) is 4.99 Å². The molecule has 0 atom stereocenters. The summed E-state index contributed by atoms with van der Waals surface area (Å²) in [5.41, 5.74) is -0.253. The summed E-state index contributed by atoms with van der Waals surface area (Å²) in [7, 11) is 1.73. The third-order valence-electron chi connectivity index (χ3n) is 4.36. The average molecular weight is 452 g/mol. The molecule has 2 N–H and O–H groups in total. The van der Waals surface area contributed by atoms with Crippen molar-refractivity contribution < 1.29 is 23.5 Å². The molecule has 1 saturated heterocycles. The number of hydrogen-bond donors (Lipinski definition) is 2. The molecule has 10 heteroatoms. The lowest BCUT2D eigenvalue weighted by Crippen LogP contribution is -2.54. The van der Waals surface area contributed by atoms with Crippen LogP contribution in [-0.2, 0) is 9.47 Å². The Hall–Kier alpha value is -3.04. The molecule has 0 unspecified atom stereocenters. The fourth-order valence-corrected chi connectivity index (χ4v) is 3.02. The second-order valence-corrected chi connectivity index (χ2v) is 9.43. The van der Waals surface area contributed by atoms with Crippen molar-refractivity contribution in [2.45, 2.75) is 52.7 Å². The molecule has 2 rings (SSSR count). The van der Waals surface area contributed by atoms with Gasteiger partial charge in [0.1, 0.15) is 17.0 Å². The smallest absolute Gasteiger partial charge is 0.437 e. The van der Waals surface area contributed by atoms with E-state index >= 15 is 0 Å². The molecule has 1 aromatic rings. The summed E-state index contributed by atoms with van der Waals surface area (Å²) in [6.07, 6.45) is -1.55. The lowest BCUT2D eigenvalue weighted by Gasteiger charge is -2.37. The Bertz CT molecular complexity index is 853. The molecule has 9 nitrogen and oxygen atoms in total. The van der Waals surface area contributed by atoms with Crippen molar-refractivity contribution in [2.75, 3.05) is 43.4 Å². The highest BCUT2D eigenvalue weighted by Gasteiger charge is 2.26. The van der Waals surface area contributed by atoms with Gasteiger partial charge in [-0.25, -0.2) is 14.0 Å². The van der Waals surface area contributed by atoms with E-state index in [0.717, 1.165) is 0 Å². The van der Waals surface area contributed by atoms with E-state index in [4.69, 9.17) is 9.47 Å². The summed E-state index contributed by atoms with van der Waals surface area (Å²) >= 11 is 0. The van der Waals surface area contributed by atoms with Gasteiger partial charge in [0.2, 0.25) is 5.96 Å². The maximum atomic E-state index is 14.5. The summed E-state index contributed by atoms with van der Waals surface area (Å²) in [6, 6.07) is 4.98. The van der Waals surface area contributed by atoms with Crippen molar-refractivity contribution in [3.05, 3.63) is 24.0 Å². The Morgan fingerprint density at radius 3 is 2.09 bits per heavy atom. The van der Waals surface area contributed by atoms with Gasteiger partial charge in [0.05, 0.1) is 5.69 Å². The monoisotopic (exact) mass is 451 g/mol. The van der Waals surface area contributed by atoms with Crippen LogP contribution >= 0.6 is 0 Å². The van der Waals surface area contributed by atoms with Gasteiger partial charge in [-0.05, 0) is 59.7 Å². The number of benzene rings is 1. The van der Waals surface area contributed by atoms with E-state index in [1.807, 2.05) is 11.0 Å². The van der Waals surface area contributed by atoms with Crippen molar-refractivity contribution in [3.8, 4) is 0 Å². The van der Waals surface area contributed by atoms with Gasteiger partial charge in [0.15, 0.2) is 0 Å². The third kappa shape index (κ3) is 7.90. The molecule has 32 heavy (non-hydrogen) atoms. The Morgan fingerprint density at radius 2 is 1.59 bits per heavy atom. The molecule has 1 aromatic carbocycles. The van der Waals surface area contributed by atoms with Gasteiger partial charge in [0, 0.05) is 38.9 Å². The molecule has 0 radical (unpaired) electrons. The maximum Gasteiger partial charge on any atom is 0.437 e. The quantitative estimate of drug-likeness (QED) is 0.521. The standard InChI is InChI=1S/C22H34FN5O4/c1-21(2,3)31-19(29)25-18(26-20(30)32-22(4,5)6)28-12-10-27(11-13-28)17-9-8-15(24-7)14-16(17)23/h8-9,14,24H,10-13H2,1-7H3,(H,25,26,29,30). The number of anilines is 2. The zero-order valence-electron chi connectivity index (χ0n) is 19.9. The first kappa shape index (κ1) is 25.2. The molecule has 0 spiro atoms. The minimum atomic E-state index is -0.820. The van der Waals surface area contributed by atoms with Crippen LogP contribution in [0.25, 0.3) is 0 Å². The number of nitrogens with one attached hydrogen (secondary N) is 2. The minimum absolute atomic E-state index is 0.0409. The highest BCUT2D eigenvalue weighted by atomic mass is 19.1. The van der Waals surface area contributed by atoms with E-state index in [-0.39, 0.29) is 11.8 Å². The van der Waals surface area contributed by atoms with Crippen molar-refractivity contribution in [1.29, 1.82) is 0 Å². The molecule has 0 aromatic heterocycles. The molecule has 178 valence electrons. The predicted molar refractivity (Wildman–Crippen MR) is 123 cm³/mol. The summed E-state index contributed by atoms with van der Waals surface area (Å²) in [5, 5.41) is 5.46. The Kier molecular flexibility index (Phi) is 7.92. The van der Waals surface area contributed by atoms with Crippen LogP contribution in [-0.4, -0.2) is 67.5 Å². The second kappa shape index (κ2) is 10.1. The first-order valence-corrected chi connectivity index (χ1v) is 10.6. The van der Waals surface area contributed by atoms with Gasteiger partial charge in [-0.1, -0.05) is 0 Å². The topological polar surface area (TPSA) is 95.5 Å². The van der Waals surface area contributed by atoms with E-state index in [9.17, 15) is 14.0 Å². The van der Waals surface area contributed by atoms with Crippen LogP contribution in [0, 0.1) is 5.82 Å². The highest BCUT2D eigenvalue weighted by Crippen LogP contribution is 2.24. The summed E-state index contributed by atoms with van der Waals surface area (Å²) in [5.74, 6) is -0.279. The van der Waals surface area contributed by atoms with Crippen molar-refractivity contribution >= 4 is 29.5 Å². The minimum Gasteiger partial charge on any atom is -0.444 e. The number of halogens is 1. The number of carbonyl (C=O) groups excluding carboxylic acids is 2. The average Bonchev–Trinajstić information content (AvgIpc) is 2.64. The van der Waals surface area contributed by atoms with Crippen molar-refractivity contribution in [1.82, 2.24) is 10.2 Å². The third-order valence-corrected chi connectivity index (χ3v) is 4.36. The van der Waals surface area contributed by atoms with Gasteiger partial charge in [-0.2, -0.15) is 0 Å². The van der Waals surface area contributed by atoms with Crippen LogP contribution in [0.1, 0.15) is 41.5 Å². The maximum absolute atomic E-state index is 14.5. The lowest BCUT2D eigenvalue weighted by molar-refractivity contribution is 0.0554. The second-order valence-electron chi connectivity index (χ2n) is 9.43. The van der Waals surface area contributed by atoms with Gasteiger partial charge in [0.25, 0.3) is 0 Å². The number of aliphatic imine (C=N–C) groups is 1. The molecular formula is C22H34FN5O4. The Balaban J connectivity index is 2.14. The summed E-state index contributed by atoms with van der Waals surface area (Å²) < 4.78 is 25.0. The van der Waals surface area contributed by atoms with E-state index in [0.29, 0.717) is 37.6 Å². The number of guanidine groups is 1.